The minimum absolute atomic E-state index is 0.174. The molecule has 1 atom stereocenters. The van der Waals surface area contributed by atoms with Gasteiger partial charge < -0.3 is 15.6 Å². The van der Waals surface area contributed by atoms with E-state index in [0.717, 1.165) is 16.4 Å². The highest BCUT2D eigenvalue weighted by Crippen LogP contribution is 2.47. The second kappa shape index (κ2) is 4.45. The highest BCUT2D eigenvalue weighted by molar-refractivity contribution is 7.99. The molecular weight excluding hydrogens is 246 g/mol. The van der Waals surface area contributed by atoms with Crippen LogP contribution in [-0.2, 0) is 5.60 Å². The van der Waals surface area contributed by atoms with Gasteiger partial charge in [0.2, 0.25) is 0 Å². The van der Waals surface area contributed by atoms with Crippen molar-refractivity contribution in [3.63, 3.8) is 0 Å². The van der Waals surface area contributed by atoms with Crippen molar-refractivity contribution in [1.82, 2.24) is 0 Å². The Morgan fingerprint density at radius 2 is 2.38 bits per heavy atom. The monoisotopic (exact) mass is 259 g/mol. The molecule has 1 aromatic carbocycles. The summed E-state index contributed by atoms with van der Waals surface area (Å²) in [5, 5.41) is 11.0. The average Bonchev–Trinajstić information content (AvgIpc) is 2.30. The minimum Gasteiger partial charge on any atom is -0.496 e. The summed E-state index contributed by atoms with van der Waals surface area (Å²) >= 11 is 7.80. The molecule has 2 rings (SSSR count). The number of hydrogen-bond donors (Lipinski definition) is 2. The summed E-state index contributed by atoms with van der Waals surface area (Å²) in [6.45, 7) is 0.174. The molecule has 3 N–H and O–H groups in total. The van der Waals surface area contributed by atoms with Crippen molar-refractivity contribution >= 4 is 23.4 Å². The largest absolute Gasteiger partial charge is 0.496 e. The molecule has 0 saturated carbocycles. The van der Waals surface area contributed by atoms with Crippen molar-refractivity contribution in [1.29, 1.82) is 0 Å². The number of thioether (sulfide) groups is 1. The van der Waals surface area contributed by atoms with Crippen molar-refractivity contribution in [3.05, 3.63) is 22.7 Å². The Labute approximate surface area is 104 Å². The number of aliphatic hydroxyl groups is 1. The number of fused-ring (bicyclic) bond motifs is 1. The van der Waals surface area contributed by atoms with E-state index < -0.39 is 5.60 Å². The molecule has 0 aromatic heterocycles. The van der Waals surface area contributed by atoms with Crippen LogP contribution in [0.25, 0.3) is 0 Å². The van der Waals surface area contributed by atoms with Gasteiger partial charge in [-0.1, -0.05) is 11.6 Å². The lowest BCUT2D eigenvalue weighted by Gasteiger charge is -2.34. The molecule has 88 valence electrons. The maximum Gasteiger partial charge on any atom is 0.132 e. The summed E-state index contributed by atoms with van der Waals surface area (Å²) in [6.07, 6.45) is 0.619. The maximum absolute atomic E-state index is 10.5. The zero-order chi connectivity index (χ0) is 11.8. The van der Waals surface area contributed by atoms with Gasteiger partial charge >= 0.3 is 0 Å². The van der Waals surface area contributed by atoms with Gasteiger partial charge in [-0.2, -0.15) is 0 Å². The van der Waals surface area contributed by atoms with Gasteiger partial charge in [-0.15, -0.1) is 11.8 Å². The first-order valence-electron chi connectivity index (χ1n) is 5.04. The van der Waals surface area contributed by atoms with Gasteiger partial charge in [-0.3, -0.25) is 0 Å². The lowest BCUT2D eigenvalue weighted by atomic mass is 9.90. The second-order valence-electron chi connectivity index (χ2n) is 3.79. The van der Waals surface area contributed by atoms with Crippen LogP contribution in [0, 0.1) is 0 Å². The van der Waals surface area contributed by atoms with Gasteiger partial charge in [-0.05, 0) is 18.6 Å². The van der Waals surface area contributed by atoms with Gasteiger partial charge in [0, 0.05) is 22.9 Å². The molecule has 0 fully saturated rings. The molecule has 1 heterocycles. The van der Waals surface area contributed by atoms with Crippen LogP contribution in [0.1, 0.15) is 12.0 Å². The standard InChI is InChI=1S/C11H14ClNO2S/c1-15-8-3-2-7(12)9-10(8)16-5-4-11(9,14)6-13/h2-3,14H,4-6,13H2,1H3. The predicted molar refractivity (Wildman–Crippen MR) is 66.3 cm³/mol. The summed E-state index contributed by atoms with van der Waals surface area (Å²) in [6, 6.07) is 3.56. The first kappa shape index (κ1) is 12.0. The summed E-state index contributed by atoms with van der Waals surface area (Å²) in [5.41, 5.74) is 5.35. The normalized spacial score (nSPS) is 24.0. The fourth-order valence-electron chi connectivity index (χ4n) is 1.93. The Hall–Kier alpha value is -0.420. The number of methoxy groups -OCH3 is 1. The molecule has 0 spiro atoms. The van der Waals surface area contributed by atoms with Crippen molar-refractivity contribution in [2.75, 3.05) is 19.4 Å². The van der Waals surface area contributed by atoms with Crippen LogP contribution in [0.4, 0.5) is 0 Å². The van der Waals surface area contributed by atoms with Crippen LogP contribution < -0.4 is 10.5 Å². The van der Waals surface area contributed by atoms with E-state index >= 15 is 0 Å². The molecule has 0 aliphatic carbocycles. The Morgan fingerprint density at radius 1 is 1.62 bits per heavy atom. The summed E-state index contributed by atoms with van der Waals surface area (Å²) < 4.78 is 5.27. The lowest BCUT2D eigenvalue weighted by Crippen LogP contribution is -2.38. The topological polar surface area (TPSA) is 55.5 Å². The van der Waals surface area contributed by atoms with Crippen LogP contribution in [0.15, 0.2) is 17.0 Å². The third kappa shape index (κ3) is 1.80. The van der Waals surface area contributed by atoms with E-state index in [4.69, 9.17) is 22.1 Å². The zero-order valence-corrected chi connectivity index (χ0v) is 10.6. The van der Waals surface area contributed by atoms with Crippen LogP contribution in [0.5, 0.6) is 5.75 Å². The predicted octanol–water partition coefficient (Wildman–Crippen LogP) is 1.99. The van der Waals surface area contributed by atoms with Crippen LogP contribution in [0.2, 0.25) is 5.02 Å². The lowest BCUT2D eigenvalue weighted by molar-refractivity contribution is 0.0383. The number of nitrogens with two attached hydrogens (primary N) is 1. The molecule has 1 aromatic rings. The molecule has 16 heavy (non-hydrogen) atoms. The summed E-state index contributed by atoms with van der Waals surface area (Å²) in [5.74, 6) is 1.56. The number of ether oxygens (including phenoxy) is 1. The molecule has 1 aliphatic rings. The van der Waals surface area contributed by atoms with Crippen molar-refractivity contribution in [2.45, 2.75) is 16.9 Å². The number of rotatable bonds is 2. The Morgan fingerprint density at radius 3 is 3.00 bits per heavy atom. The van der Waals surface area contributed by atoms with Gasteiger partial charge in [0.05, 0.1) is 12.0 Å². The van der Waals surface area contributed by atoms with E-state index in [1.54, 1.807) is 24.9 Å². The first-order chi connectivity index (χ1) is 7.62. The fourth-order valence-corrected chi connectivity index (χ4v) is 3.70. The van der Waals surface area contributed by atoms with Crippen LogP contribution in [0.3, 0.4) is 0 Å². The molecule has 5 heteroatoms. The average molecular weight is 260 g/mol. The molecule has 1 aliphatic heterocycles. The van der Waals surface area contributed by atoms with E-state index in [-0.39, 0.29) is 6.54 Å². The van der Waals surface area contributed by atoms with E-state index in [1.807, 2.05) is 6.07 Å². The number of hydrogen-bond acceptors (Lipinski definition) is 4. The Bertz CT molecular complexity index is 413. The van der Waals surface area contributed by atoms with Crippen LogP contribution in [-0.4, -0.2) is 24.5 Å². The molecule has 0 amide bonds. The molecule has 0 radical (unpaired) electrons. The third-order valence-corrected chi connectivity index (χ3v) is 4.27. The Kier molecular flexibility index (Phi) is 3.35. The van der Waals surface area contributed by atoms with Crippen molar-refractivity contribution < 1.29 is 9.84 Å². The highest BCUT2D eigenvalue weighted by atomic mass is 35.5. The third-order valence-electron chi connectivity index (χ3n) is 2.86. The van der Waals surface area contributed by atoms with Gasteiger partial charge in [0.1, 0.15) is 11.4 Å². The van der Waals surface area contributed by atoms with E-state index in [2.05, 4.69) is 0 Å². The molecule has 1 unspecified atom stereocenters. The molecule has 0 bridgehead atoms. The molecular formula is C11H14ClNO2S. The van der Waals surface area contributed by atoms with Crippen molar-refractivity contribution in [3.8, 4) is 5.75 Å². The number of benzene rings is 1. The van der Waals surface area contributed by atoms with E-state index in [1.165, 1.54) is 0 Å². The number of halogens is 1. The van der Waals surface area contributed by atoms with Crippen molar-refractivity contribution in [2.24, 2.45) is 5.73 Å². The SMILES string of the molecule is COc1ccc(Cl)c2c1SCCC2(O)CN. The minimum atomic E-state index is -1.02. The zero-order valence-electron chi connectivity index (χ0n) is 9.00. The molecule has 3 nitrogen and oxygen atoms in total. The first-order valence-corrected chi connectivity index (χ1v) is 6.41. The fraction of sp³-hybridized carbons (Fsp3) is 0.455. The van der Waals surface area contributed by atoms with Gasteiger partial charge in [0.15, 0.2) is 0 Å². The van der Waals surface area contributed by atoms with Gasteiger partial charge in [0.25, 0.3) is 0 Å². The smallest absolute Gasteiger partial charge is 0.132 e. The van der Waals surface area contributed by atoms with E-state index in [0.29, 0.717) is 17.0 Å². The summed E-state index contributed by atoms with van der Waals surface area (Å²) in [4.78, 5) is 0.911. The maximum atomic E-state index is 10.5. The molecule has 0 saturated heterocycles. The second-order valence-corrected chi connectivity index (χ2v) is 5.30. The highest BCUT2D eigenvalue weighted by Gasteiger charge is 2.37. The summed E-state index contributed by atoms with van der Waals surface area (Å²) in [7, 11) is 1.61. The van der Waals surface area contributed by atoms with Gasteiger partial charge in [-0.25, -0.2) is 0 Å². The van der Waals surface area contributed by atoms with E-state index in [9.17, 15) is 5.11 Å². The Balaban J connectivity index is 2.63. The van der Waals surface area contributed by atoms with Crippen LogP contribution >= 0.6 is 23.4 Å². The quantitative estimate of drug-likeness (QED) is 0.853.